The largest absolute Gasteiger partial charge is 0.0883 e. The Kier molecular flexibility index (Phi) is 5.36. The summed E-state index contributed by atoms with van der Waals surface area (Å²) in [6.45, 7) is 13.8. The Balaban J connectivity index is 4.17. The van der Waals surface area contributed by atoms with E-state index in [0.29, 0.717) is 5.41 Å². The molecule has 0 heteroatoms. The first-order valence-corrected chi connectivity index (χ1v) is 5.57. The minimum Gasteiger partial charge on any atom is -0.0883 e. The fourth-order valence-electron chi connectivity index (χ4n) is 1.60. The van der Waals surface area contributed by atoms with Gasteiger partial charge in [-0.15, -0.1) is 0 Å². The SMILES string of the molecule is CCC=CC(C)(C)C(C)CC(C)C. The lowest BCUT2D eigenvalue weighted by atomic mass is 9.75. The van der Waals surface area contributed by atoms with Crippen molar-refractivity contribution in [3.63, 3.8) is 0 Å². The lowest BCUT2D eigenvalue weighted by Crippen LogP contribution is -2.20. The van der Waals surface area contributed by atoms with Crippen LogP contribution >= 0.6 is 0 Å². The number of rotatable bonds is 5. The highest BCUT2D eigenvalue weighted by molar-refractivity contribution is 4.96. The van der Waals surface area contributed by atoms with Crippen molar-refractivity contribution in [3.05, 3.63) is 12.2 Å². The van der Waals surface area contributed by atoms with Gasteiger partial charge in [0, 0.05) is 0 Å². The third-order valence-electron chi connectivity index (χ3n) is 2.88. The first-order chi connectivity index (χ1) is 5.90. The summed E-state index contributed by atoms with van der Waals surface area (Å²) in [7, 11) is 0. The highest BCUT2D eigenvalue weighted by Gasteiger charge is 2.22. The van der Waals surface area contributed by atoms with Crippen LogP contribution in [0.15, 0.2) is 12.2 Å². The van der Waals surface area contributed by atoms with Crippen LogP contribution in [0.4, 0.5) is 0 Å². The van der Waals surface area contributed by atoms with E-state index in [2.05, 4.69) is 53.7 Å². The van der Waals surface area contributed by atoms with Gasteiger partial charge in [0.05, 0.1) is 0 Å². The Morgan fingerprint density at radius 3 is 2.08 bits per heavy atom. The summed E-state index contributed by atoms with van der Waals surface area (Å²) in [4.78, 5) is 0. The van der Waals surface area contributed by atoms with Crippen LogP contribution in [0.1, 0.15) is 54.4 Å². The quantitative estimate of drug-likeness (QED) is 0.542. The molecule has 0 N–H and O–H groups in total. The highest BCUT2D eigenvalue weighted by Crippen LogP contribution is 2.32. The van der Waals surface area contributed by atoms with Gasteiger partial charge in [-0.05, 0) is 30.1 Å². The third kappa shape index (κ3) is 5.13. The molecule has 0 rings (SSSR count). The molecule has 0 aliphatic rings. The fraction of sp³-hybridized carbons (Fsp3) is 0.846. The average molecular weight is 182 g/mol. The van der Waals surface area contributed by atoms with Gasteiger partial charge in [0.25, 0.3) is 0 Å². The lowest BCUT2D eigenvalue weighted by Gasteiger charge is -2.30. The van der Waals surface area contributed by atoms with E-state index in [1.54, 1.807) is 0 Å². The van der Waals surface area contributed by atoms with E-state index in [-0.39, 0.29) is 0 Å². The Labute approximate surface area is 84.4 Å². The van der Waals surface area contributed by atoms with E-state index < -0.39 is 0 Å². The van der Waals surface area contributed by atoms with Crippen molar-refractivity contribution >= 4 is 0 Å². The van der Waals surface area contributed by atoms with Gasteiger partial charge in [0.2, 0.25) is 0 Å². The normalized spacial score (nSPS) is 15.6. The van der Waals surface area contributed by atoms with Crippen LogP contribution < -0.4 is 0 Å². The predicted octanol–water partition coefficient (Wildman–Crippen LogP) is 4.66. The Bertz CT molecular complexity index is 151. The van der Waals surface area contributed by atoms with Crippen molar-refractivity contribution in [2.75, 3.05) is 0 Å². The molecule has 0 heterocycles. The zero-order valence-corrected chi connectivity index (χ0v) is 10.2. The topological polar surface area (TPSA) is 0 Å². The number of allylic oxidation sites excluding steroid dienone is 2. The van der Waals surface area contributed by atoms with Crippen molar-refractivity contribution in [1.82, 2.24) is 0 Å². The second-order valence-corrected chi connectivity index (χ2v) is 5.16. The molecule has 0 aliphatic carbocycles. The molecule has 78 valence electrons. The molecule has 0 aliphatic heterocycles. The summed E-state index contributed by atoms with van der Waals surface area (Å²) in [5, 5.41) is 0. The Morgan fingerprint density at radius 1 is 1.15 bits per heavy atom. The van der Waals surface area contributed by atoms with Crippen LogP contribution in [0.25, 0.3) is 0 Å². The van der Waals surface area contributed by atoms with Crippen LogP contribution in [-0.4, -0.2) is 0 Å². The first kappa shape index (κ1) is 12.7. The van der Waals surface area contributed by atoms with Crippen molar-refractivity contribution < 1.29 is 0 Å². The van der Waals surface area contributed by atoms with Gasteiger partial charge in [-0.3, -0.25) is 0 Å². The Morgan fingerprint density at radius 2 is 1.69 bits per heavy atom. The molecule has 1 atom stereocenters. The van der Waals surface area contributed by atoms with E-state index in [0.717, 1.165) is 18.3 Å². The molecule has 0 aromatic heterocycles. The molecule has 0 saturated carbocycles. The summed E-state index contributed by atoms with van der Waals surface area (Å²) in [5.74, 6) is 1.58. The second kappa shape index (κ2) is 5.47. The fourth-order valence-corrected chi connectivity index (χ4v) is 1.60. The van der Waals surface area contributed by atoms with Gasteiger partial charge >= 0.3 is 0 Å². The van der Waals surface area contributed by atoms with E-state index in [9.17, 15) is 0 Å². The van der Waals surface area contributed by atoms with Crippen LogP contribution in [0.3, 0.4) is 0 Å². The zero-order chi connectivity index (χ0) is 10.5. The van der Waals surface area contributed by atoms with Gasteiger partial charge in [-0.1, -0.05) is 53.7 Å². The third-order valence-corrected chi connectivity index (χ3v) is 2.88. The molecule has 0 nitrogen and oxygen atoms in total. The van der Waals surface area contributed by atoms with Crippen LogP contribution in [-0.2, 0) is 0 Å². The zero-order valence-electron chi connectivity index (χ0n) is 10.2. The van der Waals surface area contributed by atoms with Crippen LogP contribution in [0.5, 0.6) is 0 Å². The second-order valence-electron chi connectivity index (χ2n) is 5.16. The molecule has 0 fully saturated rings. The summed E-state index contributed by atoms with van der Waals surface area (Å²) in [6, 6.07) is 0. The van der Waals surface area contributed by atoms with Gasteiger partial charge in [0.15, 0.2) is 0 Å². The molecular formula is C13H26. The lowest BCUT2D eigenvalue weighted by molar-refractivity contribution is 0.260. The van der Waals surface area contributed by atoms with Gasteiger partial charge in [0.1, 0.15) is 0 Å². The number of hydrogen-bond donors (Lipinski definition) is 0. The molecular weight excluding hydrogens is 156 g/mol. The van der Waals surface area contributed by atoms with Crippen LogP contribution in [0, 0.1) is 17.3 Å². The summed E-state index contributed by atoms with van der Waals surface area (Å²) >= 11 is 0. The molecule has 1 unspecified atom stereocenters. The van der Waals surface area contributed by atoms with Gasteiger partial charge in [-0.25, -0.2) is 0 Å². The predicted molar refractivity (Wildman–Crippen MR) is 61.8 cm³/mol. The minimum absolute atomic E-state index is 0.361. The van der Waals surface area contributed by atoms with E-state index in [1.165, 1.54) is 6.42 Å². The maximum Gasteiger partial charge on any atom is -0.0149 e. The summed E-state index contributed by atoms with van der Waals surface area (Å²) < 4.78 is 0. The van der Waals surface area contributed by atoms with Crippen LogP contribution in [0.2, 0.25) is 0 Å². The molecule has 0 saturated heterocycles. The van der Waals surface area contributed by atoms with Crippen molar-refractivity contribution in [1.29, 1.82) is 0 Å². The Hall–Kier alpha value is -0.260. The number of hydrogen-bond acceptors (Lipinski definition) is 0. The molecule has 0 amide bonds. The summed E-state index contributed by atoms with van der Waals surface area (Å²) in [5.41, 5.74) is 0.361. The first-order valence-electron chi connectivity index (χ1n) is 5.57. The van der Waals surface area contributed by atoms with Crippen molar-refractivity contribution in [2.45, 2.75) is 54.4 Å². The maximum absolute atomic E-state index is 2.38. The standard InChI is InChI=1S/C13H26/c1-7-8-9-13(5,6)12(4)10-11(2)3/h8-9,11-12H,7,10H2,1-6H3. The van der Waals surface area contributed by atoms with Gasteiger partial charge < -0.3 is 0 Å². The van der Waals surface area contributed by atoms with E-state index in [1.807, 2.05) is 0 Å². The molecule has 0 aromatic rings. The molecule has 0 spiro atoms. The minimum atomic E-state index is 0.361. The molecule has 0 aromatic carbocycles. The van der Waals surface area contributed by atoms with E-state index >= 15 is 0 Å². The molecule has 13 heavy (non-hydrogen) atoms. The molecule has 0 radical (unpaired) electrons. The highest BCUT2D eigenvalue weighted by atomic mass is 14.3. The monoisotopic (exact) mass is 182 g/mol. The molecule has 0 bridgehead atoms. The van der Waals surface area contributed by atoms with E-state index in [4.69, 9.17) is 0 Å². The summed E-state index contributed by atoms with van der Waals surface area (Å²) in [6.07, 6.45) is 7.13. The van der Waals surface area contributed by atoms with Crippen molar-refractivity contribution in [2.24, 2.45) is 17.3 Å². The maximum atomic E-state index is 2.38. The smallest absolute Gasteiger partial charge is 0.0149 e. The van der Waals surface area contributed by atoms with Crippen molar-refractivity contribution in [3.8, 4) is 0 Å². The average Bonchev–Trinajstić information content (AvgIpc) is 1.99. The van der Waals surface area contributed by atoms with Gasteiger partial charge in [-0.2, -0.15) is 0 Å².